The molecule has 0 fully saturated rings. The van der Waals surface area contributed by atoms with Gasteiger partial charge in [-0.2, -0.15) is 0 Å². The van der Waals surface area contributed by atoms with Crippen LogP contribution in [0.5, 0.6) is 0 Å². The van der Waals surface area contributed by atoms with E-state index in [9.17, 15) is 0 Å². The molecule has 3 aromatic rings. The van der Waals surface area contributed by atoms with Crippen molar-refractivity contribution in [3.63, 3.8) is 0 Å². The molecule has 0 saturated carbocycles. The van der Waals surface area contributed by atoms with Gasteiger partial charge in [-0.15, -0.1) is 11.6 Å². The van der Waals surface area contributed by atoms with Crippen molar-refractivity contribution >= 4 is 45.2 Å². The van der Waals surface area contributed by atoms with E-state index in [0.717, 1.165) is 28.1 Å². The van der Waals surface area contributed by atoms with Crippen molar-refractivity contribution in [1.29, 1.82) is 0 Å². The zero-order chi connectivity index (χ0) is 14.8. The van der Waals surface area contributed by atoms with Gasteiger partial charge in [0.15, 0.2) is 0 Å². The Morgan fingerprint density at radius 1 is 1.24 bits per heavy atom. The van der Waals surface area contributed by atoms with Gasteiger partial charge in [0.1, 0.15) is 5.82 Å². The minimum Gasteiger partial charge on any atom is -0.380 e. The minimum absolute atomic E-state index is 0.375. The molecule has 0 aliphatic heterocycles. The Morgan fingerprint density at radius 3 is 2.86 bits per heavy atom. The third-order valence-corrected chi connectivity index (χ3v) is 4.20. The molecule has 3 rings (SSSR count). The van der Waals surface area contributed by atoms with E-state index in [1.165, 1.54) is 3.57 Å². The number of ether oxygens (including phenoxy) is 1. The maximum absolute atomic E-state index is 6.08. The van der Waals surface area contributed by atoms with E-state index in [-0.39, 0.29) is 0 Å². The van der Waals surface area contributed by atoms with E-state index in [0.29, 0.717) is 12.5 Å². The SMILES string of the molecule is COCc1cccc(-n2c(CCl)nc3cc(I)ccc32)c1. The maximum Gasteiger partial charge on any atom is 0.129 e. The van der Waals surface area contributed by atoms with Crippen LogP contribution in [0, 0.1) is 3.57 Å². The lowest BCUT2D eigenvalue weighted by molar-refractivity contribution is 0.185. The number of imidazole rings is 1. The minimum atomic E-state index is 0.375. The van der Waals surface area contributed by atoms with Crippen LogP contribution in [0.25, 0.3) is 16.7 Å². The summed E-state index contributed by atoms with van der Waals surface area (Å²) in [5.74, 6) is 1.22. The molecule has 3 nitrogen and oxygen atoms in total. The highest BCUT2D eigenvalue weighted by Gasteiger charge is 2.12. The summed E-state index contributed by atoms with van der Waals surface area (Å²) >= 11 is 8.38. The first-order valence-electron chi connectivity index (χ1n) is 6.54. The highest BCUT2D eigenvalue weighted by Crippen LogP contribution is 2.25. The molecule has 1 heterocycles. The summed E-state index contributed by atoms with van der Waals surface area (Å²) in [4.78, 5) is 4.64. The van der Waals surface area contributed by atoms with Gasteiger partial charge in [-0.05, 0) is 58.5 Å². The van der Waals surface area contributed by atoms with E-state index >= 15 is 0 Å². The lowest BCUT2D eigenvalue weighted by Crippen LogP contribution is -2.00. The zero-order valence-electron chi connectivity index (χ0n) is 11.5. The van der Waals surface area contributed by atoms with Crippen molar-refractivity contribution in [3.05, 3.63) is 57.4 Å². The molecule has 0 N–H and O–H groups in total. The van der Waals surface area contributed by atoms with Gasteiger partial charge in [0, 0.05) is 16.4 Å². The molecule has 1 aromatic heterocycles. The molecule has 0 aliphatic rings. The van der Waals surface area contributed by atoms with Crippen LogP contribution in [-0.4, -0.2) is 16.7 Å². The summed E-state index contributed by atoms with van der Waals surface area (Å²) in [6, 6.07) is 14.5. The topological polar surface area (TPSA) is 27.1 Å². The highest BCUT2D eigenvalue weighted by molar-refractivity contribution is 14.1. The molecule has 0 saturated heterocycles. The van der Waals surface area contributed by atoms with E-state index in [2.05, 4.69) is 68.5 Å². The first-order chi connectivity index (χ1) is 10.2. The smallest absolute Gasteiger partial charge is 0.129 e. The molecule has 5 heteroatoms. The molecule has 0 atom stereocenters. The molecule has 0 aliphatic carbocycles. The molecular weight excluding hydrogens is 399 g/mol. The van der Waals surface area contributed by atoms with Crippen molar-refractivity contribution in [2.24, 2.45) is 0 Å². The second-order valence-corrected chi connectivity index (χ2v) is 6.25. The van der Waals surface area contributed by atoms with Crippen LogP contribution in [0.1, 0.15) is 11.4 Å². The van der Waals surface area contributed by atoms with Crippen LogP contribution < -0.4 is 0 Å². The van der Waals surface area contributed by atoms with Crippen molar-refractivity contribution in [1.82, 2.24) is 9.55 Å². The predicted octanol–water partition coefficient (Wildman–Crippen LogP) is 4.52. The van der Waals surface area contributed by atoms with Gasteiger partial charge in [-0.25, -0.2) is 4.98 Å². The Kier molecular flexibility index (Phi) is 4.47. The number of alkyl halides is 1. The Balaban J connectivity index is 2.20. The van der Waals surface area contributed by atoms with Gasteiger partial charge in [0.2, 0.25) is 0 Å². The molecular formula is C16H14ClIN2O. The van der Waals surface area contributed by atoms with E-state index < -0.39 is 0 Å². The van der Waals surface area contributed by atoms with Crippen LogP contribution in [0.2, 0.25) is 0 Å². The zero-order valence-corrected chi connectivity index (χ0v) is 14.4. The first kappa shape index (κ1) is 14.8. The Labute approximate surface area is 142 Å². The Hall–Kier alpha value is -1.11. The van der Waals surface area contributed by atoms with Crippen LogP contribution in [0.4, 0.5) is 0 Å². The number of rotatable bonds is 4. The van der Waals surface area contributed by atoms with Crippen molar-refractivity contribution < 1.29 is 4.74 Å². The fraction of sp³-hybridized carbons (Fsp3) is 0.188. The van der Waals surface area contributed by atoms with Gasteiger partial charge in [0.05, 0.1) is 23.5 Å². The van der Waals surface area contributed by atoms with Crippen molar-refractivity contribution in [2.45, 2.75) is 12.5 Å². The monoisotopic (exact) mass is 412 g/mol. The number of nitrogens with zero attached hydrogens (tertiary/aromatic N) is 2. The average Bonchev–Trinajstić information content (AvgIpc) is 2.85. The predicted molar refractivity (Wildman–Crippen MR) is 94.1 cm³/mol. The molecule has 0 spiro atoms. The molecule has 21 heavy (non-hydrogen) atoms. The van der Waals surface area contributed by atoms with Gasteiger partial charge >= 0.3 is 0 Å². The van der Waals surface area contributed by atoms with Crippen molar-refractivity contribution in [3.8, 4) is 5.69 Å². The maximum atomic E-state index is 6.08. The van der Waals surface area contributed by atoms with Gasteiger partial charge in [-0.1, -0.05) is 12.1 Å². The average molecular weight is 413 g/mol. The first-order valence-corrected chi connectivity index (χ1v) is 8.15. The third kappa shape index (κ3) is 2.93. The van der Waals surface area contributed by atoms with Crippen LogP contribution in [0.3, 0.4) is 0 Å². The Bertz CT molecular complexity index is 785. The van der Waals surface area contributed by atoms with Crippen LogP contribution >= 0.6 is 34.2 Å². The summed E-state index contributed by atoms with van der Waals surface area (Å²) in [6.07, 6.45) is 0. The summed E-state index contributed by atoms with van der Waals surface area (Å²) < 4.78 is 8.48. The number of methoxy groups -OCH3 is 1. The van der Waals surface area contributed by atoms with E-state index in [4.69, 9.17) is 16.3 Å². The standard InChI is InChI=1S/C16H14ClIN2O/c1-21-10-11-3-2-4-13(7-11)20-15-6-5-12(18)8-14(15)19-16(20)9-17/h2-8H,9-10H2,1H3. The van der Waals surface area contributed by atoms with E-state index in [1.807, 2.05) is 6.07 Å². The summed E-state index contributed by atoms with van der Waals surface area (Å²) in [7, 11) is 1.70. The summed E-state index contributed by atoms with van der Waals surface area (Å²) in [5.41, 5.74) is 4.22. The quantitative estimate of drug-likeness (QED) is 0.465. The molecule has 108 valence electrons. The fourth-order valence-electron chi connectivity index (χ4n) is 2.43. The summed E-state index contributed by atoms with van der Waals surface area (Å²) in [6.45, 7) is 0.592. The second-order valence-electron chi connectivity index (χ2n) is 4.73. The van der Waals surface area contributed by atoms with Crippen molar-refractivity contribution in [2.75, 3.05) is 7.11 Å². The number of benzene rings is 2. The van der Waals surface area contributed by atoms with Crippen LogP contribution in [0.15, 0.2) is 42.5 Å². The van der Waals surface area contributed by atoms with Gasteiger partial charge in [-0.3, -0.25) is 4.57 Å². The molecule has 0 unspecified atom stereocenters. The Morgan fingerprint density at radius 2 is 2.10 bits per heavy atom. The number of halogens is 2. The van der Waals surface area contributed by atoms with Gasteiger partial charge < -0.3 is 4.74 Å². The van der Waals surface area contributed by atoms with Gasteiger partial charge in [0.25, 0.3) is 0 Å². The van der Waals surface area contributed by atoms with E-state index in [1.54, 1.807) is 7.11 Å². The fourth-order valence-corrected chi connectivity index (χ4v) is 3.09. The largest absolute Gasteiger partial charge is 0.380 e. The third-order valence-electron chi connectivity index (χ3n) is 3.29. The molecule has 2 aromatic carbocycles. The number of hydrogen-bond acceptors (Lipinski definition) is 2. The summed E-state index contributed by atoms with van der Waals surface area (Å²) in [5, 5.41) is 0. The molecule has 0 amide bonds. The lowest BCUT2D eigenvalue weighted by atomic mass is 10.2. The number of aromatic nitrogens is 2. The highest BCUT2D eigenvalue weighted by atomic mass is 127. The lowest BCUT2D eigenvalue weighted by Gasteiger charge is -2.09. The molecule has 0 bridgehead atoms. The second kappa shape index (κ2) is 6.34. The number of hydrogen-bond donors (Lipinski definition) is 0. The molecule has 0 radical (unpaired) electrons. The van der Waals surface area contributed by atoms with Crippen LogP contribution in [-0.2, 0) is 17.2 Å². The normalized spacial score (nSPS) is 11.2. The number of fused-ring (bicyclic) bond motifs is 1.